The van der Waals surface area contributed by atoms with E-state index in [9.17, 15) is 4.79 Å². The zero-order chi connectivity index (χ0) is 9.42. The fourth-order valence-corrected chi connectivity index (χ4v) is 3.90. The number of thiophene rings is 1. The summed E-state index contributed by atoms with van der Waals surface area (Å²) in [6.45, 7) is 0. The van der Waals surface area contributed by atoms with Gasteiger partial charge in [0.1, 0.15) is 0 Å². The first kappa shape index (κ1) is 9.61. The Morgan fingerprint density at radius 3 is 2.92 bits per heavy atom. The molecule has 1 heterocycles. The molecule has 13 heavy (non-hydrogen) atoms. The number of benzene rings is 1. The molecule has 1 nitrogen and oxygen atoms in total. The van der Waals surface area contributed by atoms with Gasteiger partial charge in [0.15, 0.2) is 6.29 Å². The lowest BCUT2D eigenvalue weighted by Gasteiger charge is -1.93. The van der Waals surface area contributed by atoms with Crippen LogP contribution in [0.5, 0.6) is 0 Å². The van der Waals surface area contributed by atoms with Crippen LogP contribution in [0, 0.1) is 3.57 Å². The molecule has 1 aromatic carbocycles. The van der Waals surface area contributed by atoms with E-state index in [2.05, 4.69) is 38.5 Å². The van der Waals surface area contributed by atoms with Crippen molar-refractivity contribution in [2.45, 2.75) is 0 Å². The third-order valence-corrected chi connectivity index (χ3v) is 5.79. The minimum absolute atomic E-state index is 0.767. The predicted octanol–water partition coefficient (Wildman–Crippen LogP) is 4.08. The van der Waals surface area contributed by atoms with Crippen LogP contribution in [0.1, 0.15) is 10.4 Å². The largest absolute Gasteiger partial charge is 0.298 e. The van der Waals surface area contributed by atoms with Crippen LogP contribution in [-0.4, -0.2) is 6.29 Å². The van der Waals surface area contributed by atoms with Gasteiger partial charge in [-0.3, -0.25) is 4.79 Å². The Labute approximate surface area is 101 Å². The van der Waals surface area contributed by atoms with Gasteiger partial charge in [-0.05, 0) is 44.6 Å². The Kier molecular flexibility index (Phi) is 2.71. The van der Waals surface area contributed by atoms with Gasteiger partial charge in [-0.2, -0.15) is 0 Å². The Bertz CT molecular complexity index is 478. The highest BCUT2D eigenvalue weighted by Crippen LogP contribution is 2.37. The lowest BCUT2D eigenvalue weighted by molar-refractivity contribution is 0.112. The van der Waals surface area contributed by atoms with Crippen molar-refractivity contribution in [3.63, 3.8) is 0 Å². The predicted molar refractivity (Wildman–Crippen MR) is 67.6 cm³/mol. The molecule has 2 rings (SSSR count). The average molecular weight is 367 g/mol. The summed E-state index contributed by atoms with van der Waals surface area (Å²) in [6.07, 6.45) is 0.906. The maximum Gasteiger partial charge on any atom is 0.150 e. The van der Waals surface area contributed by atoms with Crippen LogP contribution in [0.15, 0.2) is 22.0 Å². The Balaban J connectivity index is 2.94. The van der Waals surface area contributed by atoms with Crippen LogP contribution in [0.2, 0.25) is 0 Å². The van der Waals surface area contributed by atoms with E-state index >= 15 is 0 Å². The van der Waals surface area contributed by atoms with Crippen LogP contribution in [-0.2, 0) is 0 Å². The Hall–Kier alpha value is 0.0600. The van der Waals surface area contributed by atoms with E-state index in [4.69, 9.17) is 0 Å². The van der Waals surface area contributed by atoms with E-state index in [1.54, 1.807) is 11.3 Å². The highest BCUT2D eigenvalue weighted by Gasteiger charge is 2.10. The summed E-state index contributed by atoms with van der Waals surface area (Å²) < 4.78 is 3.37. The van der Waals surface area contributed by atoms with E-state index in [0.29, 0.717) is 0 Å². The second-order valence-electron chi connectivity index (χ2n) is 2.53. The molecule has 0 saturated heterocycles. The summed E-state index contributed by atoms with van der Waals surface area (Å²) in [7, 11) is 0. The number of hydrogen-bond donors (Lipinski definition) is 0. The topological polar surface area (TPSA) is 17.1 Å². The number of aldehydes is 1. The van der Waals surface area contributed by atoms with Crippen molar-refractivity contribution in [1.29, 1.82) is 0 Å². The second kappa shape index (κ2) is 3.67. The van der Waals surface area contributed by atoms with Crippen molar-refractivity contribution < 1.29 is 4.79 Å². The van der Waals surface area contributed by atoms with Crippen LogP contribution in [0.4, 0.5) is 0 Å². The number of carbonyl (C=O) groups excluding carboxylic acids is 1. The highest BCUT2D eigenvalue weighted by molar-refractivity contribution is 14.1. The minimum atomic E-state index is 0.767. The Morgan fingerprint density at radius 1 is 1.46 bits per heavy atom. The molecule has 0 aliphatic heterocycles. The molecule has 0 atom stereocenters. The summed E-state index contributed by atoms with van der Waals surface area (Å²) in [4.78, 5) is 10.8. The molecular weight excluding hydrogens is 363 g/mol. The van der Waals surface area contributed by atoms with Gasteiger partial charge in [0.05, 0.1) is 3.79 Å². The van der Waals surface area contributed by atoms with E-state index in [1.165, 1.54) is 0 Å². The molecule has 4 heteroatoms. The zero-order valence-corrected chi connectivity index (χ0v) is 10.9. The van der Waals surface area contributed by atoms with Gasteiger partial charge in [-0.1, -0.05) is 12.1 Å². The van der Waals surface area contributed by atoms with Crippen molar-refractivity contribution in [3.8, 4) is 0 Å². The van der Waals surface area contributed by atoms with Gasteiger partial charge in [0, 0.05) is 19.2 Å². The van der Waals surface area contributed by atoms with Crippen molar-refractivity contribution in [1.82, 2.24) is 0 Å². The van der Waals surface area contributed by atoms with E-state index < -0.39 is 0 Å². The highest BCUT2D eigenvalue weighted by atomic mass is 127. The van der Waals surface area contributed by atoms with Crippen molar-refractivity contribution in [2.75, 3.05) is 0 Å². The molecule has 0 saturated carbocycles. The van der Waals surface area contributed by atoms with Crippen molar-refractivity contribution >= 4 is 66.2 Å². The summed E-state index contributed by atoms with van der Waals surface area (Å²) in [6, 6.07) is 5.78. The van der Waals surface area contributed by atoms with Crippen LogP contribution >= 0.6 is 49.9 Å². The zero-order valence-electron chi connectivity index (χ0n) is 6.38. The van der Waals surface area contributed by atoms with Gasteiger partial charge in [-0.15, -0.1) is 11.3 Å². The lowest BCUT2D eigenvalue weighted by Crippen LogP contribution is -1.80. The molecule has 0 aliphatic carbocycles. The molecule has 2 aromatic rings. The fraction of sp³-hybridized carbons (Fsp3) is 0. The first-order valence-electron chi connectivity index (χ1n) is 3.55. The first-order valence-corrected chi connectivity index (χ1v) is 6.24. The summed E-state index contributed by atoms with van der Waals surface area (Å²) in [5, 5.41) is 1.06. The van der Waals surface area contributed by atoms with E-state index in [-0.39, 0.29) is 0 Å². The number of halogens is 2. The van der Waals surface area contributed by atoms with Gasteiger partial charge in [-0.25, -0.2) is 0 Å². The van der Waals surface area contributed by atoms with Gasteiger partial charge in [0.25, 0.3) is 0 Å². The molecule has 1 aromatic heterocycles. The second-order valence-corrected chi connectivity index (χ2v) is 5.98. The number of fused-ring (bicyclic) bond motifs is 1. The normalized spacial score (nSPS) is 10.6. The van der Waals surface area contributed by atoms with Crippen LogP contribution < -0.4 is 0 Å². The Morgan fingerprint density at radius 2 is 2.23 bits per heavy atom. The molecule has 0 amide bonds. The third-order valence-electron chi connectivity index (χ3n) is 1.78. The maximum absolute atomic E-state index is 10.8. The van der Waals surface area contributed by atoms with Crippen molar-refractivity contribution in [2.24, 2.45) is 0 Å². The van der Waals surface area contributed by atoms with E-state index in [0.717, 1.165) is 29.3 Å². The minimum Gasteiger partial charge on any atom is -0.298 e. The SMILES string of the molecule is O=Cc1cccc2sc(Br)c(I)c12. The standard InChI is InChI=1S/C9H4BrIOS/c10-9-8(11)7-5(4-12)2-1-3-6(7)13-9/h1-4H. The average Bonchev–Trinajstić information content (AvgIpc) is 2.43. The smallest absolute Gasteiger partial charge is 0.150 e. The molecular formula is C9H4BrIOS. The quantitative estimate of drug-likeness (QED) is 0.549. The monoisotopic (exact) mass is 366 g/mol. The maximum atomic E-state index is 10.8. The number of hydrogen-bond acceptors (Lipinski definition) is 2. The third kappa shape index (κ3) is 1.55. The molecule has 0 unspecified atom stereocenters. The summed E-state index contributed by atoms with van der Waals surface area (Å²) in [5.74, 6) is 0. The number of carbonyl (C=O) groups is 1. The molecule has 66 valence electrons. The molecule has 0 N–H and O–H groups in total. The van der Waals surface area contributed by atoms with Crippen LogP contribution in [0.25, 0.3) is 10.1 Å². The van der Waals surface area contributed by atoms with Crippen LogP contribution in [0.3, 0.4) is 0 Å². The lowest BCUT2D eigenvalue weighted by atomic mass is 10.1. The molecule has 0 fully saturated rings. The fourth-order valence-electron chi connectivity index (χ4n) is 1.21. The van der Waals surface area contributed by atoms with E-state index in [1.807, 2.05) is 18.2 Å². The molecule has 0 aliphatic rings. The van der Waals surface area contributed by atoms with Crippen molar-refractivity contribution in [3.05, 3.63) is 31.1 Å². The molecule has 0 radical (unpaired) electrons. The van der Waals surface area contributed by atoms with Gasteiger partial charge in [0.2, 0.25) is 0 Å². The summed E-state index contributed by atoms with van der Waals surface area (Å²) >= 11 is 7.38. The van der Waals surface area contributed by atoms with Gasteiger partial charge >= 0.3 is 0 Å². The number of rotatable bonds is 1. The molecule has 0 spiro atoms. The summed E-state index contributed by atoms with van der Waals surface area (Å²) in [5.41, 5.74) is 0.767. The van der Waals surface area contributed by atoms with Gasteiger partial charge < -0.3 is 0 Å². The first-order chi connectivity index (χ1) is 6.24. The molecule has 0 bridgehead atoms.